The molecule has 0 saturated heterocycles. The predicted molar refractivity (Wildman–Crippen MR) is 62.8 cm³/mol. The molecule has 0 saturated carbocycles. The van der Waals surface area contributed by atoms with Gasteiger partial charge in [0.2, 0.25) is 0 Å². The molecule has 2 aromatic heterocycles. The largest absolute Gasteiger partial charge is 0.379 e. The van der Waals surface area contributed by atoms with E-state index in [4.69, 9.17) is 0 Å². The van der Waals surface area contributed by atoms with Gasteiger partial charge in [0.25, 0.3) is 0 Å². The third-order valence-electron chi connectivity index (χ3n) is 1.97. The Labute approximate surface area is 98.4 Å². The maximum atomic E-state index is 10.4. The van der Waals surface area contributed by atoms with E-state index in [9.17, 15) is 5.11 Å². The Morgan fingerprint density at radius 2 is 2.29 bits per heavy atom. The third-order valence-corrected chi connectivity index (χ3v) is 4.95. The predicted octanol–water partition coefficient (Wildman–Crippen LogP) is 3.22. The molecular formula is C9H8BrNOS2. The number of halogens is 1. The van der Waals surface area contributed by atoms with Crippen LogP contribution in [0.3, 0.4) is 0 Å². The van der Waals surface area contributed by atoms with E-state index in [1.807, 2.05) is 17.5 Å². The number of hydrogen-bond donors (Lipinski definition) is 1. The molecule has 0 fully saturated rings. The molecule has 14 heavy (non-hydrogen) atoms. The lowest BCUT2D eigenvalue weighted by Gasteiger charge is -2.20. The quantitative estimate of drug-likeness (QED) is 0.921. The van der Waals surface area contributed by atoms with Crippen molar-refractivity contribution in [1.29, 1.82) is 0 Å². The summed E-state index contributed by atoms with van der Waals surface area (Å²) in [6, 6.07) is 3.86. The zero-order valence-corrected chi connectivity index (χ0v) is 10.6. The standard InChI is InChI=1S/C9H8BrNOS2/c1-9(12,6-3-2-4-13-6)7-8(10)11-5-14-7/h2-5,12H,1H3. The maximum Gasteiger partial charge on any atom is 0.133 e. The van der Waals surface area contributed by atoms with Gasteiger partial charge in [-0.1, -0.05) is 6.07 Å². The minimum atomic E-state index is -0.936. The first-order valence-electron chi connectivity index (χ1n) is 3.98. The molecule has 0 spiro atoms. The average Bonchev–Trinajstić information content (AvgIpc) is 2.72. The Balaban J connectivity index is 2.48. The Hall–Kier alpha value is -0.230. The fraction of sp³-hybridized carbons (Fsp3) is 0.222. The van der Waals surface area contributed by atoms with Crippen molar-refractivity contribution < 1.29 is 5.11 Å². The molecule has 0 aromatic carbocycles. The van der Waals surface area contributed by atoms with Crippen LogP contribution in [0.2, 0.25) is 0 Å². The molecule has 2 aromatic rings. The number of hydrogen-bond acceptors (Lipinski definition) is 4. The summed E-state index contributed by atoms with van der Waals surface area (Å²) in [5, 5.41) is 12.3. The molecule has 0 bridgehead atoms. The number of thiophene rings is 1. The van der Waals surface area contributed by atoms with Crippen LogP contribution in [0.4, 0.5) is 0 Å². The lowest BCUT2D eigenvalue weighted by Crippen LogP contribution is -2.20. The highest BCUT2D eigenvalue weighted by atomic mass is 79.9. The average molecular weight is 290 g/mol. The summed E-state index contributed by atoms with van der Waals surface area (Å²) in [4.78, 5) is 5.85. The van der Waals surface area contributed by atoms with Gasteiger partial charge in [0.1, 0.15) is 10.2 Å². The van der Waals surface area contributed by atoms with Gasteiger partial charge in [0, 0.05) is 4.88 Å². The van der Waals surface area contributed by atoms with Crippen LogP contribution in [0.15, 0.2) is 27.6 Å². The smallest absolute Gasteiger partial charge is 0.133 e. The minimum absolute atomic E-state index is 0.723. The van der Waals surface area contributed by atoms with E-state index in [1.165, 1.54) is 11.3 Å². The monoisotopic (exact) mass is 289 g/mol. The second kappa shape index (κ2) is 3.73. The first-order chi connectivity index (χ1) is 6.62. The van der Waals surface area contributed by atoms with Crippen molar-refractivity contribution in [2.45, 2.75) is 12.5 Å². The number of thiazole rings is 1. The summed E-state index contributed by atoms with van der Waals surface area (Å²) >= 11 is 6.33. The normalized spacial score (nSPS) is 15.4. The third kappa shape index (κ3) is 1.65. The molecule has 1 N–H and O–H groups in total. The van der Waals surface area contributed by atoms with Crippen LogP contribution in [0.5, 0.6) is 0 Å². The van der Waals surface area contributed by atoms with Crippen LogP contribution in [-0.2, 0) is 5.60 Å². The van der Waals surface area contributed by atoms with Gasteiger partial charge >= 0.3 is 0 Å². The maximum absolute atomic E-state index is 10.4. The lowest BCUT2D eigenvalue weighted by atomic mass is 10.0. The van der Waals surface area contributed by atoms with E-state index in [0.717, 1.165) is 14.4 Å². The molecule has 2 nitrogen and oxygen atoms in total. The van der Waals surface area contributed by atoms with Gasteiger partial charge in [-0.05, 0) is 34.3 Å². The van der Waals surface area contributed by atoms with E-state index < -0.39 is 5.60 Å². The lowest BCUT2D eigenvalue weighted by molar-refractivity contribution is 0.109. The Morgan fingerprint density at radius 1 is 1.50 bits per heavy atom. The van der Waals surface area contributed by atoms with Crippen molar-refractivity contribution in [3.05, 3.63) is 37.4 Å². The molecular weight excluding hydrogens is 282 g/mol. The molecule has 0 radical (unpaired) electrons. The summed E-state index contributed by atoms with van der Waals surface area (Å²) in [7, 11) is 0. The van der Waals surface area contributed by atoms with Crippen molar-refractivity contribution in [3.63, 3.8) is 0 Å². The highest BCUT2D eigenvalue weighted by molar-refractivity contribution is 9.10. The molecule has 2 rings (SSSR count). The van der Waals surface area contributed by atoms with Gasteiger partial charge in [0.05, 0.1) is 10.4 Å². The summed E-state index contributed by atoms with van der Waals surface area (Å²) in [5.41, 5.74) is 0.787. The van der Waals surface area contributed by atoms with Crippen LogP contribution >= 0.6 is 38.6 Å². The van der Waals surface area contributed by atoms with Crippen LogP contribution < -0.4 is 0 Å². The zero-order chi connectivity index (χ0) is 10.2. The van der Waals surface area contributed by atoms with E-state index in [0.29, 0.717) is 0 Å². The first kappa shape index (κ1) is 10.3. The van der Waals surface area contributed by atoms with Crippen molar-refractivity contribution in [1.82, 2.24) is 4.98 Å². The van der Waals surface area contributed by atoms with Gasteiger partial charge in [-0.3, -0.25) is 0 Å². The number of aromatic nitrogens is 1. The van der Waals surface area contributed by atoms with Gasteiger partial charge in [-0.25, -0.2) is 4.98 Å². The summed E-state index contributed by atoms with van der Waals surface area (Å²) in [6.45, 7) is 1.79. The van der Waals surface area contributed by atoms with Crippen LogP contribution in [-0.4, -0.2) is 10.1 Å². The van der Waals surface area contributed by atoms with E-state index >= 15 is 0 Å². The molecule has 0 aliphatic rings. The van der Waals surface area contributed by atoms with Gasteiger partial charge in [-0.2, -0.15) is 0 Å². The molecule has 0 amide bonds. The summed E-state index contributed by atoms with van der Waals surface area (Å²) in [6.07, 6.45) is 0. The fourth-order valence-electron chi connectivity index (χ4n) is 1.22. The fourth-order valence-corrected chi connectivity index (χ4v) is 3.73. The molecule has 0 aliphatic carbocycles. The summed E-state index contributed by atoms with van der Waals surface area (Å²) in [5.74, 6) is 0. The zero-order valence-electron chi connectivity index (χ0n) is 7.40. The Bertz CT molecular complexity index is 422. The SMILES string of the molecule is CC(O)(c1cccs1)c1scnc1Br. The number of nitrogens with zero attached hydrogens (tertiary/aromatic N) is 1. The minimum Gasteiger partial charge on any atom is -0.379 e. The van der Waals surface area contributed by atoms with E-state index in [1.54, 1.807) is 23.8 Å². The summed E-state index contributed by atoms with van der Waals surface area (Å²) < 4.78 is 0.723. The molecule has 2 heterocycles. The topological polar surface area (TPSA) is 33.1 Å². The van der Waals surface area contributed by atoms with Gasteiger partial charge < -0.3 is 5.11 Å². The number of rotatable bonds is 2. The molecule has 5 heteroatoms. The van der Waals surface area contributed by atoms with Crippen molar-refractivity contribution in [2.24, 2.45) is 0 Å². The molecule has 74 valence electrons. The molecule has 0 aliphatic heterocycles. The van der Waals surface area contributed by atoms with Crippen LogP contribution in [0.1, 0.15) is 16.7 Å². The second-order valence-electron chi connectivity index (χ2n) is 3.02. The van der Waals surface area contributed by atoms with Crippen LogP contribution in [0, 0.1) is 0 Å². The Kier molecular flexibility index (Phi) is 2.74. The van der Waals surface area contributed by atoms with Crippen molar-refractivity contribution in [3.8, 4) is 0 Å². The van der Waals surface area contributed by atoms with Crippen LogP contribution in [0.25, 0.3) is 0 Å². The highest BCUT2D eigenvalue weighted by Crippen LogP contribution is 2.38. The van der Waals surface area contributed by atoms with E-state index in [2.05, 4.69) is 20.9 Å². The molecule has 1 unspecified atom stereocenters. The Morgan fingerprint density at radius 3 is 2.79 bits per heavy atom. The first-order valence-corrected chi connectivity index (χ1v) is 6.53. The van der Waals surface area contributed by atoms with Crippen molar-refractivity contribution >= 4 is 38.6 Å². The highest BCUT2D eigenvalue weighted by Gasteiger charge is 2.30. The van der Waals surface area contributed by atoms with E-state index in [-0.39, 0.29) is 0 Å². The number of aliphatic hydroxyl groups is 1. The van der Waals surface area contributed by atoms with Gasteiger partial charge in [0.15, 0.2) is 0 Å². The second-order valence-corrected chi connectivity index (χ2v) is 5.58. The molecule has 1 atom stereocenters. The van der Waals surface area contributed by atoms with Crippen molar-refractivity contribution in [2.75, 3.05) is 0 Å². The van der Waals surface area contributed by atoms with Gasteiger partial charge in [-0.15, -0.1) is 22.7 Å².